The molecule has 1 saturated carbocycles. The maximum atomic E-state index is 9.40. The largest absolute Gasteiger partial charge is 0.393 e. The number of aliphatic hydroxyl groups excluding tert-OH is 1. The Morgan fingerprint density at radius 1 is 1.29 bits per heavy atom. The Morgan fingerprint density at radius 2 is 1.93 bits per heavy atom. The third kappa shape index (κ3) is 2.47. The van der Waals surface area contributed by atoms with E-state index in [9.17, 15) is 5.11 Å². The van der Waals surface area contributed by atoms with Crippen LogP contribution in [-0.2, 0) is 0 Å². The molecule has 2 rings (SSSR count). The molecule has 1 heterocycles. The van der Waals surface area contributed by atoms with Gasteiger partial charge in [-0.1, -0.05) is 0 Å². The lowest BCUT2D eigenvalue weighted by Gasteiger charge is -2.32. The zero-order valence-electron chi connectivity index (χ0n) is 8.91. The molecule has 3 nitrogen and oxygen atoms in total. The van der Waals surface area contributed by atoms with Crippen LogP contribution in [-0.4, -0.2) is 42.3 Å². The molecule has 2 aliphatic rings. The molecule has 0 aromatic heterocycles. The fourth-order valence-corrected chi connectivity index (χ4v) is 2.52. The average Bonchev–Trinajstić information content (AvgIpc) is 2.90. The molecule has 0 unspecified atom stereocenters. The molecule has 14 heavy (non-hydrogen) atoms. The summed E-state index contributed by atoms with van der Waals surface area (Å²) in [5, 5.41) is 9.40. The molecule has 0 radical (unpaired) electrons. The van der Waals surface area contributed by atoms with Crippen LogP contribution in [0.4, 0.5) is 0 Å². The highest BCUT2D eigenvalue weighted by Crippen LogP contribution is 2.49. The van der Waals surface area contributed by atoms with Gasteiger partial charge >= 0.3 is 0 Å². The number of hydrogen-bond donors (Lipinski definition) is 2. The summed E-state index contributed by atoms with van der Waals surface area (Å²) >= 11 is 0. The molecule has 0 bridgehead atoms. The third-order valence-corrected chi connectivity index (χ3v) is 3.75. The molecule has 82 valence electrons. The van der Waals surface area contributed by atoms with E-state index in [1.54, 1.807) is 0 Å². The van der Waals surface area contributed by atoms with Crippen molar-refractivity contribution in [3.63, 3.8) is 0 Å². The smallest absolute Gasteiger partial charge is 0.0564 e. The first-order valence-electron chi connectivity index (χ1n) is 5.85. The first kappa shape index (κ1) is 10.4. The predicted octanol–water partition coefficient (Wildman–Crippen LogP) is 0.572. The molecule has 0 aromatic rings. The fraction of sp³-hybridized carbons (Fsp3) is 1.00. The number of rotatable bonds is 4. The average molecular weight is 198 g/mol. The molecular formula is C11H22N2O. The summed E-state index contributed by atoms with van der Waals surface area (Å²) in [7, 11) is 0. The number of hydrogen-bond acceptors (Lipinski definition) is 3. The van der Waals surface area contributed by atoms with Crippen LogP contribution in [0.15, 0.2) is 0 Å². The molecule has 0 spiro atoms. The minimum Gasteiger partial charge on any atom is -0.393 e. The van der Waals surface area contributed by atoms with Gasteiger partial charge in [0.15, 0.2) is 0 Å². The maximum absolute atomic E-state index is 9.40. The molecule has 1 aliphatic heterocycles. The van der Waals surface area contributed by atoms with E-state index in [0.717, 1.165) is 32.5 Å². The number of aliphatic hydroxyl groups is 1. The van der Waals surface area contributed by atoms with E-state index >= 15 is 0 Å². The summed E-state index contributed by atoms with van der Waals surface area (Å²) in [5.74, 6) is 0. The monoisotopic (exact) mass is 198 g/mol. The Kier molecular flexibility index (Phi) is 3.10. The topological polar surface area (TPSA) is 49.5 Å². The van der Waals surface area contributed by atoms with Crippen LogP contribution in [0.2, 0.25) is 0 Å². The standard InChI is InChI=1S/C11H22N2O/c12-6-5-11(3-4-11)9-13-7-1-10(14)2-8-13/h10,14H,1-9,12H2. The number of nitrogens with two attached hydrogens (primary N) is 1. The highest BCUT2D eigenvalue weighted by atomic mass is 16.3. The Labute approximate surface area is 86.3 Å². The van der Waals surface area contributed by atoms with Gasteiger partial charge < -0.3 is 15.7 Å². The van der Waals surface area contributed by atoms with Gasteiger partial charge in [-0.25, -0.2) is 0 Å². The van der Waals surface area contributed by atoms with Crippen LogP contribution in [0.25, 0.3) is 0 Å². The number of likely N-dealkylation sites (tertiary alicyclic amines) is 1. The van der Waals surface area contributed by atoms with Crippen LogP contribution >= 0.6 is 0 Å². The number of nitrogens with zero attached hydrogens (tertiary/aromatic N) is 1. The quantitative estimate of drug-likeness (QED) is 0.694. The minimum atomic E-state index is -0.0455. The van der Waals surface area contributed by atoms with Crippen molar-refractivity contribution in [1.29, 1.82) is 0 Å². The second-order valence-electron chi connectivity index (χ2n) is 5.05. The molecule has 0 aromatic carbocycles. The van der Waals surface area contributed by atoms with Gasteiger partial charge in [-0.15, -0.1) is 0 Å². The fourth-order valence-electron chi connectivity index (χ4n) is 2.52. The lowest BCUT2D eigenvalue weighted by atomic mass is 9.99. The van der Waals surface area contributed by atoms with Gasteiger partial charge in [-0.2, -0.15) is 0 Å². The Bertz CT molecular complexity index is 184. The highest BCUT2D eigenvalue weighted by molar-refractivity contribution is 4.96. The summed E-state index contributed by atoms with van der Waals surface area (Å²) in [6.07, 6.45) is 5.78. The minimum absolute atomic E-state index is 0.0455. The molecule has 0 atom stereocenters. The molecule has 0 amide bonds. The predicted molar refractivity (Wildman–Crippen MR) is 57.0 cm³/mol. The van der Waals surface area contributed by atoms with E-state index in [1.165, 1.54) is 25.8 Å². The third-order valence-electron chi connectivity index (χ3n) is 3.75. The molecular weight excluding hydrogens is 176 g/mol. The van der Waals surface area contributed by atoms with Crippen molar-refractivity contribution in [3.05, 3.63) is 0 Å². The molecule has 3 heteroatoms. The zero-order chi connectivity index (χ0) is 10.0. The highest BCUT2D eigenvalue weighted by Gasteiger charge is 2.43. The van der Waals surface area contributed by atoms with Gasteiger partial charge in [0.2, 0.25) is 0 Å². The van der Waals surface area contributed by atoms with E-state index in [4.69, 9.17) is 5.73 Å². The van der Waals surface area contributed by atoms with Crippen molar-refractivity contribution < 1.29 is 5.11 Å². The van der Waals surface area contributed by atoms with Crippen LogP contribution < -0.4 is 5.73 Å². The zero-order valence-corrected chi connectivity index (χ0v) is 8.91. The first-order valence-corrected chi connectivity index (χ1v) is 5.85. The van der Waals surface area contributed by atoms with Gasteiger partial charge in [-0.05, 0) is 44.1 Å². The second-order valence-corrected chi connectivity index (χ2v) is 5.05. The molecule has 1 aliphatic carbocycles. The lowest BCUT2D eigenvalue weighted by Crippen LogP contribution is -2.39. The summed E-state index contributed by atoms with van der Waals surface area (Å²) < 4.78 is 0. The van der Waals surface area contributed by atoms with E-state index in [2.05, 4.69) is 4.90 Å². The lowest BCUT2D eigenvalue weighted by molar-refractivity contribution is 0.0714. The van der Waals surface area contributed by atoms with Crippen molar-refractivity contribution in [3.8, 4) is 0 Å². The van der Waals surface area contributed by atoms with Crippen LogP contribution in [0.5, 0.6) is 0 Å². The van der Waals surface area contributed by atoms with E-state index < -0.39 is 0 Å². The normalized spacial score (nSPS) is 27.9. The van der Waals surface area contributed by atoms with Crippen molar-refractivity contribution in [1.82, 2.24) is 4.90 Å². The van der Waals surface area contributed by atoms with Crippen LogP contribution in [0.3, 0.4) is 0 Å². The van der Waals surface area contributed by atoms with Gasteiger partial charge in [0.25, 0.3) is 0 Å². The van der Waals surface area contributed by atoms with Crippen LogP contribution in [0.1, 0.15) is 32.1 Å². The van der Waals surface area contributed by atoms with E-state index in [-0.39, 0.29) is 6.10 Å². The van der Waals surface area contributed by atoms with Crippen molar-refractivity contribution in [2.75, 3.05) is 26.2 Å². The Balaban J connectivity index is 1.75. The summed E-state index contributed by atoms with van der Waals surface area (Å²) in [5.41, 5.74) is 6.19. The van der Waals surface area contributed by atoms with Gasteiger partial charge in [0, 0.05) is 19.6 Å². The van der Waals surface area contributed by atoms with E-state index in [1.807, 2.05) is 0 Å². The maximum Gasteiger partial charge on any atom is 0.0564 e. The van der Waals surface area contributed by atoms with Crippen molar-refractivity contribution in [2.24, 2.45) is 11.1 Å². The second kappa shape index (κ2) is 4.17. The Hall–Kier alpha value is -0.120. The SMILES string of the molecule is NCCC1(CN2CCC(O)CC2)CC1. The van der Waals surface area contributed by atoms with Gasteiger partial charge in [0.05, 0.1) is 6.10 Å². The van der Waals surface area contributed by atoms with E-state index in [0.29, 0.717) is 5.41 Å². The molecule has 1 saturated heterocycles. The van der Waals surface area contributed by atoms with Gasteiger partial charge in [-0.3, -0.25) is 0 Å². The Morgan fingerprint density at radius 3 is 2.43 bits per heavy atom. The first-order chi connectivity index (χ1) is 6.74. The van der Waals surface area contributed by atoms with Gasteiger partial charge in [0.1, 0.15) is 0 Å². The van der Waals surface area contributed by atoms with Crippen molar-refractivity contribution in [2.45, 2.75) is 38.2 Å². The van der Waals surface area contributed by atoms with Crippen LogP contribution in [0, 0.1) is 5.41 Å². The molecule has 3 N–H and O–H groups in total. The van der Waals surface area contributed by atoms with Crippen molar-refractivity contribution >= 4 is 0 Å². The summed E-state index contributed by atoms with van der Waals surface area (Å²) in [6.45, 7) is 4.20. The summed E-state index contributed by atoms with van der Waals surface area (Å²) in [4.78, 5) is 2.51. The number of piperidine rings is 1. The summed E-state index contributed by atoms with van der Waals surface area (Å²) in [6, 6.07) is 0. The molecule has 2 fully saturated rings.